The van der Waals surface area contributed by atoms with E-state index in [2.05, 4.69) is 0 Å². The Morgan fingerprint density at radius 3 is 1.33 bits per heavy atom. The number of amides is 2. The van der Waals surface area contributed by atoms with Crippen molar-refractivity contribution in [2.75, 3.05) is 19.7 Å². The summed E-state index contributed by atoms with van der Waals surface area (Å²) in [5.74, 6) is -5.43. The quantitative estimate of drug-likeness (QED) is 0.0754. The predicted octanol–water partition coefficient (Wildman–Crippen LogP) is 8.35. The molecule has 4 aromatic rings. The summed E-state index contributed by atoms with van der Waals surface area (Å²) in [6.07, 6.45) is 2.60. The van der Waals surface area contributed by atoms with Crippen LogP contribution in [0.2, 0.25) is 0 Å². The van der Waals surface area contributed by atoms with Gasteiger partial charge >= 0.3 is 11.9 Å². The van der Waals surface area contributed by atoms with Gasteiger partial charge in [0.05, 0.1) is 30.3 Å². The molecule has 284 valence electrons. The number of benzene rings is 4. The second-order valence-electron chi connectivity index (χ2n) is 13.6. The number of carbonyl (C=O) groups is 4. The Balaban J connectivity index is 1.39. The van der Waals surface area contributed by atoms with E-state index >= 15 is 0 Å². The lowest BCUT2D eigenvalue weighted by atomic mass is 9.55. The highest BCUT2D eigenvalue weighted by Crippen LogP contribution is 2.49. The van der Waals surface area contributed by atoms with Gasteiger partial charge in [-0.1, -0.05) is 87.9 Å². The predicted molar refractivity (Wildman–Crippen MR) is 205 cm³/mol. The van der Waals surface area contributed by atoms with Gasteiger partial charge in [0.25, 0.3) is 0 Å². The van der Waals surface area contributed by atoms with Crippen molar-refractivity contribution in [2.24, 2.45) is 23.7 Å². The molecule has 0 aromatic heterocycles. The fourth-order valence-electron chi connectivity index (χ4n) is 6.89. The third-order valence-electron chi connectivity index (χ3n) is 9.58. The van der Waals surface area contributed by atoms with Crippen molar-refractivity contribution in [1.82, 2.24) is 9.80 Å². The molecule has 0 heterocycles. The molecule has 0 aliphatic heterocycles. The van der Waals surface area contributed by atoms with Gasteiger partial charge in [0.2, 0.25) is 11.8 Å². The van der Waals surface area contributed by atoms with E-state index in [1.165, 1.54) is 0 Å². The van der Waals surface area contributed by atoms with Crippen molar-refractivity contribution in [1.29, 1.82) is 0 Å². The van der Waals surface area contributed by atoms with Crippen LogP contribution in [0.4, 0.5) is 0 Å². The third-order valence-corrected chi connectivity index (χ3v) is 9.58. The normalized spacial score (nSPS) is 17.5. The van der Waals surface area contributed by atoms with Gasteiger partial charge in [-0.25, -0.2) is 0 Å². The molecule has 4 aromatic carbocycles. The highest BCUT2D eigenvalue weighted by Gasteiger charge is 2.65. The average molecular weight is 735 g/mol. The highest BCUT2D eigenvalue weighted by molar-refractivity contribution is 6.00. The van der Waals surface area contributed by atoms with Gasteiger partial charge in [-0.05, 0) is 78.9 Å². The average Bonchev–Trinajstić information content (AvgIpc) is 3.16. The topological polar surface area (TPSA) is 123 Å². The number of esters is 1. The molecule has 0 bridgehead atoms. The molecule has 2 amide bonds. The van der Waals surface area contributed by atoms with Crippen LogP contribution in [-0.2, 0) is 37.0 Å². The lowest BCUT2D eigenvalue weighted by molar-refractivity contribution is -0.190. The Hall–Kier alpha value is -5.64. The molecular formula is C44H50N2O8. The van der Waals surface area contributed by atoms with Gasteiger partial charge in [0.1, 0.15) is 23.0 Å². The van der Waals surface area contributed by atoms with Gasteiger partial charge in [0.15, 0.2) is 0 Å². The maximum atomic E-state index is 14.6. The van der Waals surface area contributed by atoms with E-state index in [1.54, 1.807) is 9.80 Å². The fraction of sp³-hybridized carbons (Fsp3) is 0.364. The van der Waals surface area contributed by atoms with E-state index in [1.807, 2.05) is 130 Å². The standard InChI is InChI=1S/C44H50N2O8/c1-4-7-28-52-44(51)40-38(42(48)46(27-6-3)30-32-20-24-36(25-21-32)54-34-16-12-9-13-17-34)37(39(40)43(49)50)41(47)45(26-5-2)29-31-18-22-35(23-19-31)53-33-14-10-8-11-15-33/h8-25,37-40H,4-7,26-30H2,1-3H3,(H,49,50). The Morgan fingerprint density at radius 1 is 0.537 bits per heavy atom. The van der Waals surface area contributed by atoms with Crippen molar-refractivity contribution in [2.45, 2.75) is 59.5 Å². The number of aliphatic carboxylic acids is 1. The number of carboxylic acid groups (broad SMARTS) is 1. The molecule has 1 aliphatic carbocycles. The zero-order valence-corrected chi connectivity index (χ0v) is 31.3. The molecular weight excluding hydrogens is 684 g/mol. The highest BCUT2D eigenvalue weighted by atomic mass is 16.5. The molecule has 0 saturated heterocycles. The SMILES string of the molecule is CCCCOC(=O)C1C(C(=O)O)C(C(=O)N(CCC)Cc2ccc(Oc3ccccc3)cc2)C1C(=O)N(CCC)Cc1ccc(Oc2ccccc2)cc1. The van der Waals surface area contributed by atoms with E-state index in [-0.39, 0.29) is 19.7 Å². The molecule has 10 heteroatoms. The summed E-state index contributed by atoms with van der Waals surface area (Å²) in [6.45, 7) is 7.03. The summed E-state index contributed by atoms with van der Waals surface area (Å²) in [5, 5.41) is 10.5. The van der Waals surface area contributed by atoms with Crippen LogP contribution in [-0.4, -0.2) is 58.4 Å². The van der Waals surface area contributed by atoms with Crippen molar-refractivity contribution >= 4 is 23.8 Å². The summed E-state index contributed by atoms with van der Waals surface area (Å²) < 4.78 is 17.4. The minimum Gasteiger partial charge on any atom is -0.481 e. The van der Waals surface area contributed by atoms with Crippen LogP contribution in [0.15, 0.2) is 109 Å². The number of carbonyl (C=O) groups excluding carboxylic acids is 3. The van der Waals surface area contributed by atoms with Crippen LogP contribution >= 0.6 is 0 Å². The van der Waals surface area contributed by atoms with Crippen LogP contribution < -0.4 is 9.47 Å². The summed E-state index contributed by atoms with van der Waals surface area (Å²) in [6, 6.07) is 33.5. The molecule has 54 heavy (non-hydrogen) atoms. The van der Waals surface area contributed by atoms with Crippen LogP contribution in [0.3, 0.4) is 0 Å². The molecule has 4 atom stereocenters. The molecule has 1 N–H and O–H groups in total. The third kappa shape index (κ3) is 10.1. The lowest BCUT2D eigenvalue weighted by Gasteiger charge is -2.49. The number of unbranched alkanes of at least 4 members (excludes halogenated alkanes) is 1. The van der Waals surface area contributed by atoms with Crippen LogP contribution in [0.25, 0.3) is 0 Å². The maximum absolute atomic E-state index is 14.6. The molecule has 0 spiro atoms. The first-order valence-electron chi connectivity index (χ1n) is 18.8. The first kappa shape index (κ1) is 39.6. The number of carboxylic acids is 1. The monoisotopic (exact) mass is 734 g/mol. The Labute approximate surface area is 317 Å². The molecule has 1 aliphatic rings. The summed E-state index contributed by atoms with van der Waals surface area (Å²) in [7, 11) is 0. The van der Waals surface area contributed by atoms with Crippen molar-refractivity contribution in [3.8, 4) is 23.0 Å². The van der Waals surface area contributed by atoms with Crippen LogP contribution in [0.1, 0.15) is 57.6 Å². The fourth-order valence-corrected chi connectivity index (χ4v) is 6.89. The first-order chi connectivity index (χ1) is 26.2. The second-order valence-corrected chi connectivity index (χ2v) is 13.6. The zero-order valence-electron chi connectivity index (χ0n) is 31.3. The Kier molecular flexibility index (Phi) is 14.2. The minimum absolute atomic E-state index is 0.111. The zero-order chi connectivity index (χ0) is 38.5. The lowest BCUT2D eigenvalue weighted by Crippen LogP contribution is -2.64. The molecule has 10 nitrogen and oxygen atoms in total. The summed E-state index contributed by atoms with van der Waals surface area (Å²) >= 11 is 0. The van der Waals surface area contributed by atoms with E-state index in [4.69, 9.17) is 14.2 Å². The molecule has 1 fully saturated rings. The Morgan fingerprint density at radius 2 is 0.944 bits per heavy atom. The van der Waals surface area contributed by atoms with Gasteiger partial charge < -0.3 is 29.1 Å². The molecule has 0 radical (unpaired) electrons. The van der Waals surface area contributed by atoms with Crippen molar-refractivity contribution in [3.05, 3.63) is 120 Å². The van der Waals surface area contributed by atoms with Gasteiger partial charge in [0, 0.05) is 26.2 Å². The largest absolute Gasteiger partial charge is 0.481 e. The van der Waals surface area contributed by atoms with Gasteiger partial charge in [-0.15, -0.1) is 0 Å². The van der Waals surface area contributed by atoms with Crippen molar-refractivity contribution < 1.29 is 38.5 Å². The van der Waals surface area contributed by atoms with Crippen LogP contribution in [0, 0.1) is 23.7 Å². The number of para-hydroxylation sites is 2. The number of rotatable bonds is 19. The molecule has 1 saturated carbocycles. The van der Waals surface area contributed by atoms with E-state index in [0.29, 0.717) is 55.4 Å². The van der Waals surface area contributed by atoms with Crippen molar-refractivity contribution in [3.63, 3.8) is 0 Å². The van der Waals surface area contributed by atoms with E-state index < -0.39 is 47.4 Å². The van der Waals surface area contributed by atoms with E-state index in [9.17, 15) is 24.3 Å². The number of hydrogen-bond acceptors (Lipinski definition) is 7. The van der Waals surface area contributed by atoms with E-state index in [0.717, 1.165) is 17.5 Å². The Bertz CT molecular complexity index is 1820. The van der Waals surface area contributed by atoms with Gasteiger partial charge in [-0.3, -0.25) is 19.2 Å². The number of ether oxygens (including phenoxy) is 3. The second kappa shape index (κ2) is 19.4. The van der Waals surface area contributed by atoms with Gasteiger partial charge in [-0.2, -0.15) is 0 Å². The smallest absolute Gasteiger partial charge is 0.310 e. The summed E-state index contributed by atoms with van der Waals surface area (Å²) in [4.78, 5) is 58.8. The number of hydrogen-bond donors (Lipinski definition) is 1. The minimum atomic E-state index is -1.40. The molecule has 5 rings (SSSR count). The number of nitrogens with zero attached hydrogens (tertiary/aromatic N) is 2. The molecule has 4 unspecified atom stereocenters. The summed E-state index contributed by atoms with van der Waals surface area (Å²) in [5.41, 5.74) is 1.64. The van der Waals surface area contributed by atoms with Crippen LogP contribution in [0.5, 0.6) is 23.0 Å². The maximum Gasteiger partial charge on any atom is 0.310 e. The first-order valence-corrected chi connectivity index (χ1v) is 18.8.